The first-order valence-electron chi connectivity index (χ1n) is 5.10. The molecule has 1 aromatic rings. The zero-order valence-corrected chi connectivity index (χ0v) is 9.40. The summed E-state index contributed by atoms with van der Waals surface area (Å²) in [6.07, 6.45) is 0.313. The van der Waals surface area contributed by atoms with E-state index >= 15 is 0 Å². The van der Waals surface area contributed by atoms with E-state index in [9.17, 15) is 9.18 Å². The van der Waals surface area contributed by atoms with Crippen molar-refractivity contribution in [3.05, 3.63) is 35.6 Å². The lowest BCUT2D eigenvalue weighted by Crippen LogP contribution is -2.45. The van der Waals surface area contributed by atoms with Crippen molar-refractivity contribution in [2.24, 2.45) is 5.73 Å². The van der Waals surface area contributed by atoms with Crippen molar-refractivity contribution in [2.45, 2.75) is 31.7 Å². The van der Waals surface area contributed by atoms with Crippen molar-refractivity contribution in [3.8, 4) is 0 Å². The number of rotatable bonds is 4. The Hall–Kier alpha value is -1.42. The maximum absolute atomic E-state index is 12.7. The maximum Gasteiger partial charge on any atom is 0.323 e. The molecule has 16 heavy (non-hydrogen) atoms. The van der Waals surface area contributed by atoms with Crippen molar-refractivity contribution in [2.75, 3.05) is 0 Å². The predicted molar refractivity (Wildman–Crippen MR) is 59.7 cm³/mol. The molecule has 4 heteroatoms. The van der Waals surface area contributed by atoms with Crippen molar-refractivity contribution < 1.29 is 14.3 Å². The molecule has 0 spiro atoms. The minimum atomic E-state index is -1.26. The summed E-state index contributed by atoms with van der Waals surface area (Å²) in [7, 11) is 0. The summed E-state index contributed by atoms with van der Waals surface area (Å²) < 4.78 is 12.7. The summed E-state index contributed by atoms with van der Waals surface area (Å²) in [5.74, 6) is -1.35. The summed E-state index contributed by atoms with van der Waals surface area (Å²) in [4.78, 5) is 10.9. The fraction of sp³-hybridized carbons (Fsp3) is 0.417. The lowest BCUT2D eigenvalue weighted by molar-refractivity contribution is -0.143. The quantitative estimate of drug-likeness (QED) is 0.825. The van der Waals surface area contributed by atoms with Crippen LogP contribution in [0.25, 0.3) is 0 Å². The van der Waals surface area contributed by atoms with Crippen LogP contribution in [0.4, 0.5) is 4.39 Å². The van der Waals surface area contributed by atoms with Gasteiger partial charge in [0.2, 0.25) is 0 Å². The van der Waals surface area contributed by atoms with Gasteiger partial charge in [-0.15, -0.1) is 0 Å². The van der Waals surface area contributed by atoms with Crippen molar-refractivity contribution in [1.29, 1.82) is 0 Å². The first-order valence-corrected chi connectivity index (χ1v) is 5.10. The second-order valence-electron chi connectivity index (χ2n) is 4.38. The highest BCUT2D eigenvalue weighted by molar-refractivity contribution is 5.77. The number of carbonyl (C=O) groups is 1. The molecule has 0 fully saturated rings. The Morgan fingerprint density at radius 3 is 2.44 bits per heavy atom. The van der Waals surface area contributed by atoms with E-state index in [0.29, 0.717) is 6.42 Å². The molecule has 0 aliphatic heterocycles. The molecule has 0 heterocycles. The molecule has 88 valence electrons. The number of halogens is 1. The minimum Gasteiger partial charge on any atom is -0.480 e. The van der Waals surface area contributed by atoms with Crippen LogP contribution in [0, 0.1) is 5.82 Å². The minimum absolute atomic E-state index is 0.0216. The zero-order chi connectivity index (χ0) is 12.3. The third-order valence-corrected chi connectivity index (χ3v) is 2.66. The van der Waals surface area contributed by atoms with Crippen LogP contribution in [0.5, 0.6) is 0 Å². The Morgan fingerprint density at radius 1 is 1.50 bits per heavy atom. The van der Waals surface area contributed by atoms with E-state index in [-0.39, 0.29) is 11.7 Å². The summed E-state index contributed by atoms with van der Waals surface area (Å²) in [6.45, 7) is 3.36. The number of hydrogen-bond donors (Lipinski definition) is 2. The van der Waals surface area contributed by atoms with Crippen LogP contribution < -0.4 is 5.73 Å². The number of benzene rings is 1. The number of nitrogens with two attached hydrogens (primary N) is 1. The van der Waals surface area contributed by atoms with Crippen LogP contribution in [0.3, 0.4) is 0 Å². The van der Waals surface area contributed by atoms with Crippen molar-refractivity contribution in [3.63, 3.8) is 0 Å². The molecular formula is C12H16FNO2. The molecule has 1 aromatic carbocycles. The van der Waals surface area contributed by atoms with Gasteiger partial charge >= 0.3 is 5.97 Å². The average Bonchev–Trinajstić information content (AvgIpc) is 2.17. The van der Waals surface area contributed by atoms with Crippen LogP contribution in [0.2, 0.25) is 0 Å². The standard InChI is InChI=1S/C12H16FNO2/c1-8(7-12(2,14)11(15)16)9-3-5-10(13)6-4-9/h3-6,8H,7,14H2,1-2H3,(H,15,16). The largest absolute Gasteiger partial charge is 0.480 e. The van der Waals surface area contributed by atoms with E-state index in [1.807, 2.05) is 6.92 Å². The van der Waals surface area contributed by atoms with Crippen LogP contribution in [0.1, 0.15) is 31.7 Å². The van der Waals surface area contributed by atoms with E-state index in [0.717, 1.165) is 5.56 Å². The van der Waals surface area contributed by atoms with Crippen LogP contribution in [-0.4, -0.2) is 16.6 Å². The summed E-state index contributed by atoms with van der Waals surface area (Å²) in [5, 5.41) is 8.90. The fourth-order valence-corrected chi connectivity index (χ4v) is 1.63. The van der Waals surface area contributed by atoms with Gasteiger partial charge < -0.3 is 10.8 Å². The van der Waals surface area contributed by atoms with Crippen LogP contribution in [-0.2, 0) is 4.79 Å². The van der Waals surface area contributed by atoms with Gasteiger partial charge in [-0.3, -0.25) is 4.79 Å². The second-order valence-corrected chi connectivity index (χ2v) is 4.38. The topological polar surface area (TPSA) is 63.3 Å². The number of carboxylic acid groups (broad SMARTS) is 1. The van der Waals surface area contributed by atoms with Crippen molar-refractivity contribution >= 4 is 5.97 Å². The van der Waals surface area contributed by atoms with Gasteiger partial charge in [-0.25, -0.2) is 4.39 Å². The van der Waals surface area contributed by atoms with Gasteiger partial charge in [0.1, 0.15) is 11.4 Å². The number of aliphatic carboxylic acids is 1. The molecule has 0 bridgehead atoms. The molecular weight excluding hydrogens is 209 g/mol. The molecule has 2 unspecified atom stereocenters. The van der Waals surface area contributed by atoms with E-state index in [1.165, 1.54) is 19.1 Å². The lowest BCUT2D eigenvalue weighted by Gasteiger charge is -2.23. The Kier molecular flexibility index (Phi) is 3.65. The van der Waals surface area contributed by atoms with Gasteiger partial charge in [-0.2, -0.15) is 0 Å². The molecule has 2 atom stereocenters. The summed E-state index contributed by atoms with van der Waals surface area (Å²) in [5.41, 5.74) is 5.29. The molecule has 0 aliphatic carbocycles. The SMILES string of the molecule is CC(CC(C)(N)C(=O)O)c1ccc(F)cc1. The van der Waals surface area contributed by atoms with Gasteiger partial charge in [0.25, 0.3) is 0 Å². The summed E-state index contributed by atoms with van der Waals surface area (Å²) >= 11 is 0. The van der Waals surface area contributed by atoms with Gasteiger partial charge in [-0.05, 0) is 37.0 Å². The van der Waals surface area contributed by atoms with E-state index in [2.05, 4.69) is 0 Å². The first kappa shape index (κ1) is 12.6. The highest BCUT2D eigenvalue weighted by Crippen LogP contribution is 2.24. The Morgan fingerprint density at radius 2 is 2.00 bits per heavy atom. The highest BCUT2D eigenvalue weighted by atomic mass is 19.1. The molecule has 0 radical (unpaired) electrons. The molecule has 1 rings (SSSR count). The van der Waals surface area contributed by atoms with Gasteiger partial charge in [0.05, 0.1) is 0 Å². The first-order chi connectivity index (χ1) is 7.33. The van der Waals surface area contributed by atoms with Crippen molar-refractivity contribution in [1.82, 2.24) is 0 Å². The monoisotopic (exact) mass is 225 g/mol. The third-order valence-electron chi connectivity index (χ3n) is 2.66. The van der Waals surface area contributed by atoms with Crippen LogP contribution >= 0.6 is 0 Å². The molecule has 0 aromatic heterocycles. The smallest absolute Gasteiger partial charge is 0.323 e. The Bertz CT molecular complexity index is 373. The average molecular weight is 225 g/mol. The van der Waals surface area contributed by atoms with Crippen LogP contribution in [0.15, 0.2) is 24.3 Å². The van der Waals surface area contributed by atoms with Gasteiger partial charge in [0.15, 0.2) is 0 Å². The van der Waals surface area contributed by atoms with E-state index in [4.69, 9.17) is 10.8 Å². The molecule has 3 N–H and O–H groups in total. The lowest BCUT2D eigenvalue weighted by atomic mass is 9.86. The third kappa shape index (κ3) is 3.03. The van der Waals surface area contributed by atoms with Gasteiger partial charge in [0, 0.05) is 0 Å². The Balaban J connectivity index is 2.76. The number of hydrogen-bond acceptors (Lipinski definition) is 2. The highest BCUT2D eigenvalue weighted by Gasteiger charge is 2.30. The van der Waals surface area contributed by atoms with E-state index < -0.39 is 11.5 Å². The molecule has 0 saturated heterocycles. The zero-order valence-electron chi connectivity index (χ0n) is 9.40. The molecule has 0 saturated carbocycles. The molecule has 0 amide bonds. The predicted octanol–water partition coefficient (Wildman–Crippen LogP) is 2.12. The molecule has 3 nitrogen and oxygen atoms in total. The summed E-state index contributed by atoms with van der Waals surface area (Å²) in [6, 6.07) is 6.02. The van der Waals surface area contributed by atoms with Gasteiger partial charge in [-0.1, -0.05) is 19.1 Å². The van der Waals surface area contributed by atoms with E-state index in [1.54, 1.807) is 12.1 Å². The Labute approximate surface area is 94.1 Å². The fourth-order valence-electron chi connectivity index (χ4n) is 1.63. The second kappa shape index (κ2) is 4.61. The number of carboxylic acids is 1. The normalized spacial score (nSPS) is 16.5. The molecule has 0 aliphatic rings. The maximum atomic E-state index is 12.7.